The summed E-state index contributed by atoms with van der Waals surface area (Å²) >= 11 is 8.21. The Kier molecular flexibility index (Phi) is 2.79. The summed E-state index contributed by atoms with van der Waals surface area (Å²) in [5, 5.41) is 0.119. The third-order valence-corrected chi connectivity index (χ3v) is 4.59. The van der Waals surface area contributed by atoms with Gasteiger partial charge in [-0.2, -0.15) is 0 Å². The molecule has 1 aliphatic heterocycles. The lowest BCUT2D eigenvalue weighted by Gasteiger charge is -1.93. The maximum atomic E-state index is 10.2. The molecule has 1 unspecified atom stereocenters. The Bertz CT molecular complexity index is 152. The number of halogens is 2. The number of carbonyl (C=O) groups excluding carboxylic acids is 1. The highest BCUT2D eigenvalue weighted by Crippen LogP contribution is 2.42. The van der Waals surface area contributed by atoms with Gasteiger partial charge in [-0.15, -0.1) is 11.8 Å². The molecule has 0 aromatic heterocycles. The Balaban J connectivity index is 2.58. The topological polar surface area (TPSA) is 17.1 Å². The highest BCUT2D eigenvalue weighted by atomic mass is 79.9. The van der Waals surface area contributed by atoms with E-state index < -0.39 is 0 Å². The van der Waals surface area contributed by atoms with Gasteiger partial charge in [-0.1, -0.05) is 15.9 Å². The Morgan fingerprint density at radius 1 is 1.67 bits per heavy atom. The van der Waals surface area contributed by atoms with Crippen molar-refractivity contribution >= 4 is 49.9 Å². The molecule has 0 N–H and O–H groups in total. The van der Waals surface area contributed by atoms with Gasteiger partial charge in [0.05, 0.1) is 9.06 Å². The van der Waals surface area contributed by atoms with E-state index in [1.54, 1.807) is 11.8 Å². The summed E-state index contributed by atoms with van der Waals surface area (Å²) in [6.07, 6.45) is 1.80. The van der Waals surface area contributed by atoms with Gasteiger partial charge >= 0.3 is 0 Å². The van der Waals surface area contributed by atoms with Gasteiger partial charge in [-0.05, 0) is 22.4 Å². The summed E-state index contributed by atoms with van der Waals surface area (Å²) < 4.78 is 2.16. The Hall–Kier alpha value is 0.720. The van der Waals surface area contributed by atoms with Crippen molar-refractivity contribution in [3.05, 3.63) is 8.30 Å². The van der Waals surface area contributed by atoms with Gasteiger partial charge in [0.25, 0.3) is 0 Å². The van der Waals surface area contributed by atoms with Gasteiger partial charge in [0, 0.05) is 4.48 Å². The largest absolute Gasteiger partial charge is 0.302 e. The second-order valence-corrected chi connectivity index (χ2v) is 5.20. The molecule has 1 heterocycles. The molecule has 0 saturated heterocycles. The molecule has 0 bridgehead atoms. The van der Waals surface area contributed by atoms with E-state index in [0.717, 1.165) is 21.0 Å². The molecule has 0 aromatic carbocycles. The van der Waals surface area contributed by atoms with E-state index in [0.29, 0.717) is 0 Å². The zero-order valence-electron chi connectivity index (χ0n) is 4.43. The summed E-state index contributed by atoms with van der Waals surface area (Å²) in [7, 11) is 0. The van der Waals surface area contributed by atoms with Crippen LogP contribution in [-0.4, -0.2) is 11.5 Å². The zero-order valence-corrected chi connectivity index (χ0v) is 8.42. The second kappa shape index (κ2) is 3.21. The van der Waals surface area contributed by atoms with Gasteiger partial charge in [0.1, 0.15) is 6.29 Å². The lowest BCUT2D eigenvalue weighted by atomic mass is 10.3. The first-order valence-corrected chi connectivity index (χ1v) is 4.86. The number of rotatable bonds is 1. The van der Waals surface area contributed by atoms with Crippen LogP contribution >= 0.6 is 43.6 Å². The first-order chi connectivity index (χ1) is 4.24. The summed E-state index contributed by atoms with van der Waals surface area (Å²) in [5.74, 6) is 0. The van der Waals surface area contributed by atoms with Crippen molar-refractivity contribution < 1.29 is 4.79 Å². The van der Waals surface area contributed by atoms with Crippen LogP contribution in [0.1, 0.15) is 6.42 Å². The van der Waals surface area contributed by atoms with Gasteiger partial charge in [-0.3, -0.25) is 0 Å². The van der Waals surface area contributed by atoms with E-state index in [2.05, 4.69) is 31.9 Å². The quantitative estimate of drug-likeness (QED) is 0.682. The molecule has 4 heteroatoms. The van der Waals surface area contributed by atoms with Gasteiger partial charge in [-0.25, -0.2) is 0 Å². The second-order valence-electron chi connectivity index (χ2n) is 1.68. The number of hydrogen-bond donors (Lipinski definition) is 0. The van der Waals surface area contributed by atoms with Gasteiger partial charge < -0.3 is 4.79 Å². The van der Waals surface area contributed by atoms with Crippen LogP contribution < -0.4 is 0 Å². The molecule has 0 radical (unpaired) electrons. The standard InChI is InChI=1S/C5H4Br2OS/c6-4-1-3(2-8)9-5(4)7/h2-3H,1H2. The Morgan fingerprint density at radius 3 is 2.56 bits per heavy atom. The maximum absolute atomic E-state index is 10.2. The van der Waals surface area contributed by atoms with E-state index in [1.165, 1.54) is 0 Å². The lowest BCUT2D eigenvalue weighted by Crippen LogP contribution is -1.96. The van der Waals surface area contributed by atoms with Crippen molar-refractivity contribution in [1.29, 1.82) is 0 Å². The van der Waals surface area contributed by atoms with Crippen molar-refractivity contribution in [3.63, 3.8) is 0 Å². The predicted octanol–water partition coefficient (Wildman–Crippen LogP) is 2.65. The van der Waals surface area contributed by atoms with Gasteiger partial charge in [0.15, 0.2) is 0 Å². The molecule has 1 rings (SSSR count). The highest BCUT2D eigenvalue weighted by Gasteiger charge is 2.20. The van der Waals surface area contributed by atoms with Crippen molar-refractivity contribution in [2.24, 2.45) is 0 Å². The fourth-order valence-corrected chi connectivity index (χ4v) is 3.08. The first kappa shape index (κ1) is 7.82. The van der Waals surface area contributed by atoms with Gasteiger partial charge in [0.2, 0.25) is 0 Å². The van der Waals surface area contributed by atoms with Crippen LogP contribution in [0.15, 0.2) is 8.30 Å². The molecular weight excluding hydrogens is 268 g/mol. The molecule has 1 nitrogen and oxygen atoms in total. The normalized spacial score (nSPS) is 27.1. The molecule has 50 valence electrons. The van der Waals surface area contributed by atoms with E-state index >= 15 is 0 Å². The average molecular weight is 272 g/mol. The summed E-state index contributed by atoms with van der Waals surface area (Å²) in [6, 6.07) is 0. The van der Waals surface area contributed by atoms with Crippen LogP contribution in [0.5, 0.6) is 0 Å². The fraction of sp³-hybridized carbons (Fsp3) is 0.400. The van der Waals surface area contributed by atoms with E-state index in [-0.39, 0.29) is 5.25 Å². The summed E-state index contributed by atoms with van der Waals surface area (Å²) in [6.45, 7) is 0. The number of carbonyl (C=O) groups is 1. The zero-order chi connectivity index (χ0) is 6.85. The van der Waals surface area contributed by atoms with E-state index in [4.69, 9.17) is 0 Å². The van der Waals surface area contributed by atoms with Crippen LogP contribution in [0.4, 0.5) is 0 Å². The molecule has 0 saturated carbocycles. The minimum Gasteiger partial charge on any atom is -0.302 e. The number of thioether (sulfide) groups is 1. The average Bonchev–Trinajstić information content (AvgIpc) is 2.13. The number of allylic oxidation sites excluding steroid dienone is 1. The smallest absolute Gasteiger partial charge is 0.133 e. The minimum atomic E-state index is 0.119. The fourth-order valence-electron chi connectivity index (χ4n) is 0.571. The maximum Gasteiger partial charge on any atom is 0.133 e. The molecule has 0 aliphatic carbocycles. The molecule has 0 aromatic rings. The number of hydrogen-bond acceptors (Lipinski definition) is 2. The van der Waals surface area contributed by atoms with E-state index in [9.17, 15) is 4.79 Å². The predicted molar refractivity (Wildman–Crippen MR) is 46.9 cm³/mol. The molecule has 0 fully saturated rings. The summed E-state index contributed by atoms with van der Waals surface area (Å²) in [5.41, 5.74) is 0. The first-order valence-electron chi connectivity index (χ1n) is 2.40. The highest BCUT2D eigenvalue weighted by molar-refractivity contribution is 9.15. The van der Waals surface area contributed by atoms with Crippen LogP contribution in [0, 0.1) is 0 Å². The van der Waals surface area contributed by atoms with Crippen LogP contribution in [-0.2, 0) is 4.79 Å². The van der Waals surface area contributed by atoms with Crippen LogP contribution in [0.25, 0.3) is 0 Å². The Labute approximate surface area is 74.5 Å². The third kappa shape index (κ3) is 1.82. The molecule has 0 amide bonds. The minimum absolute atomic E-state index is 0.119. The molecule has 0 spiro atoms. The monoisotopic (exact) mass is 270 g/mol. The lowest BCUT2D eigenvalue weighted by molar-refractivity contribution is -0.107. The van der Waals surface area contributed by atoms with E-state index in [1.807, 2.05) is 0 Å². The molecule has 1 atom stereocenters. The van der Waals surface area contributed by atoms with Crippen molar-refractivity contribution in [2.45, 2.75) is 11.7 Å². The van der Waals surface area contributed by atoms with Crippen LogP contribution in [0.3, 0.4) is 0 Å². The molecule has 1 aliphatic rings. The molecular formula is C5H4Br2OS. The SMILES string of the molecule is O=CC1CC(Br)=C(Br)S1. The third-order valence-electron chi connectivity index (χ3n) is 1.00. The van der Waals surface area contributed by atoms with Crippen molar-refractivity contribution in [3.8, 4) is 0 Å². The van der Waals surface area contributed by atoms with Crippen LogP contribution in [0.2, 0.25) is 0 Å². The van der Waals surface area contributed by atoms with Crippen molar-refractivity contribution in [2.75, 3.05) is 0 Å². The summed E-state index contributed by atoms with van der Waals surface area (Å²) in [4.78, 5) is 10.2. The van der Waals surface area contributed by atoms with Crippen molar-refractivity contribution in [1.82, 2.24) is 0 Å². The number of aldehydes is 1. The molecule has 9 heavy (non-hydrogen) atoms. The Morgan fingerprint density at radius 2 is 2.33 bits per heavy atom.